The summed E-state index contributed by atoms with van der Waals surface area (Å²) in [5.74, 6) is -0.228. The van der Waals surface area contributed by atoms with Gasteiger partial charge >= 0.3 is 0 Å². The number of likely N-dealkylation sites (tertiary alicyclic amines) is 1. The fraction of sp³-hybridized carbons (Fsp3) is 0.588. The number of carbonyl (C=O) groups is 1. The minimum atomic E-state index is -0.230. The molecule has 0 aliphatic carbocycles. The number of amides is 1. The van der Waals surface area contributed by atoms with Gasteiger partial charge in [-0.15, -0.1) is 0 Å². The van der Waals surface area contributed by atoms with Crippen molar-refractivity contribution in [3.05, 3.63) is 35.6 Å². The van der Waals surface area contributed by atoms with Gasteiger partial charge in [0.2, 0.25) is 5.91 Å². The molecule has 1 unspecified atom stereocenters. The Hall–Kier alpha value is -1.42. The fourth-order valence-corrected chi connectivity index (χ4v) is 2.79. The summed E-state index contributed by atoms with van der Waals surface area (Å²) in [6, 6.07) is 7.01. The molecule has 1 aromatic rings. The SMILES string of the molecule is CC(CNC(=O)CCc1ccccc1F)N1CCCCC1. The first-order chi connectivity index (χ1) is 10.2. The molecule has 1 aliphatic heterocycles. The standard InChI is InChI=1S/C17H25FN2O/c1-14(20-11-5-2-6-12-20)13-19-17(21)10-9-15-7-3-4-8-16(15)18/h3-4,7-8,14H,2,5-6,9-13H2,1H3,(H,19,21). The number of halogens is 1. The molecule has 0 bridgehead atoms. The number of benzene rings is 1. The summed E-state index contributed by atoms with van der Waals surface area (Å²) in [5, 5.41) is 2.97. The van der Waals surface area contributed by atoms with E-state index >= 15 is 0 Å². The zero-order valence-electron chi connectivity index (χ0n) is 12.8. The molecule has 1 N–H and O–H groups in total. The Balaban J connectivity index is 1.68. The molecular weight excluding hydrogens is 267 g/mol. The summed E-state index contributed by atoms with van der Waals surface area (Å²) in [6.45, 7) is 5.09. The van der Waals surface area contributed by atoms with Gasteiger partial charge in [0.05, 0.1) is 0 Å². The average Bonchev–Trinajstić information content (AvgIpc) is 2.52. The van der Waals surface area contributed by atoms with Gasteiger partial charge in [0, 0.05) is 19.0 Å². The van der Waals surface area contributed by atoms with Crippen LogP contribution in [0.3, 0.4) is 0 Å². The van der Waals surface area contributed by atoms with Gasteiger partial charge in [-0.25, -0.2) is 4.39 Å². The second kappa shape index (κ2) is 8.13. The van der Waals surface area contributed by atoms with Crippen LogP contribution in [-0.4, -0.2) is 36.5 Å². The van der Waals surface area contributed by atoms with Crippen LogP contribution < -0.4 is 5.32 Å². The summed E-state index contributed by atoms with van der Waals surface area (Å²) in [4.78, 5) is 14.3. The highest BCUT2D eigenvalue weighted by Gasteiger charge is 2.17. The van der Waals surface area contributed by atoms with E-state index in [2.05, 4.69) is 17.1 Å². The lowest BCUT2D eigenvalue weighted by Crippen LogP contribution is -2.44. The molecular formula is C17H25FN2O. The Morgan fingerprint density at radius 2 is 2.00 bits per heavy atom. The van der Waals surface area contributed by atoms with Gasteiger partial charge in [0.15, 0.2) is 0 Å². The second-order valence-electron chi connectivity index (χ2n) is 5.84. The quantitative estimate of drug-likeness (QED) is 0.874. The van der Waals surface area contributed by atoms with E-state index in [-0.39, 0.29) is 11.7 Å². The smallest absolute Gasteiger partial charge is 0.220 e. The second-order valence-corrected chi connectivity index (χ2v) is 5.84. The topological polar surface area (TPSA) is 32.3 Å². The van der Waals surface area contributed by atoms with Gasteiger partial charge in [0.1, 0.15) is 5.82 Å². The molecule has 1 saturated heterocycles. The van der Waals surface area contributed by atoms with E-state index in [9.17, 15) is 9.18 Å². The summed E-state index contributed by atoms with van der Waals surface area (Å²) in [7, 11) is 0. The van der Waals surface area contributed by atoms with E-state index in [1.54, 1.807) is 18.2 Å². The van der Waals surface area contributed by atoms with Crippen molar-refractivity contribution in [2.75, 3.05) is 19.6 Å². The number of hydrogen-bond donors (Lipinski definition) is 1. The predicted octanol–water partition coefficient (Wildman–Crippen LogP) is 2.75. The lowest BCUT2D eigenvalue weighted by atomic mass is 10.1. The third-order valence-electron chi connectivity index (χ3n) is 4.19. The molecule has 1 atom stereocenters. The molecule has 0 radical (unpaired) electrons. The monoisotopic (exact) mass is 292 g/mol. The van der Waals surface area contributed by atoms with E-state index in [1.807, 2.05) is 0 Å². The van der Waals surface area contributed by atoms with Crippen LogP contribution in [0, 0.1) is 5.82 Å². The van der Waals surface area contributed by atoms with E-state index in [4.69, 9.17) is 0 Å². The fourth-order valence-electron chi connectivity index (χ4n) is 2.79. The molecule has 1 amide bonds. The van der Waals surface area contributed by atoms with Gasteiger partial charge in [0.25, 0.3) is 0 Å². The molecule has 0 spiro atoms. The van der Waals surface area contributed by atoms with Crippen molar-refractivity contribution in [2.24, 2.45) is 0 Å². The van der Waals surface area contributed by atoms with Crippen molar-refractivity contribution in [3.8, 4) is 0 Å². The molecule has 0 saturated carbocycles. The number of hydrogen-bond acceptors (Lipinski definition) is 2. The molecule has 1 aliphatic rings. The molecule has 1 aromatic carbocycles. The largest absolute Gasteiger partial charge is 0.355 e. The normalized spacial score (nSPS) is 17.4. The Morgan fingerprint density at radius 1 is 1.29 bits per heavy atom. The Kier molecular flexibility index (Phi) is 6.18. The number of nitrogens with zero attached hydrogens (tertiary/aromatic N) is 1. The van der Waals surface area contributed by atoms with Crippen molar-refractivity contribution >= 4 is 5.91 Å². The minimum absolute atomic E-state index is 0.00196. The van der Waals surface area contributed by atoms with Crippen LogP contribution >= 0.6 is 0 Å². The van der Waals surface area contributed by atoms with Crippen LogP contribution in [0.2, 0.25) is 0 Å². The maximum Gasteiger partial charge on any atom is 0.220 e. The molecule has 21 heavy (non-hydrogen) atoms. The molecule has 116 valence electrons. The van der Waals surface area contributed by atoms with Crippen molar-refractivity contribution in [3.63, 3.8) is 0 Å². The van der Waals surface area contributed by atoms with Gasteiger partial charge in [-0.05, 0) is 50.9 Å². The molecule has 1 fully saturated rings. The predicted molar refractivity (Wildman–Crippen MR) is 82.6 cm³/mol. The first kappa shape index (κ1) is 16.0. The zero-order chi connectivity index (χ0) is 15.1. The number of rotatable bonds is 6. The Labute approximate surface area is 126 Å². The highest BCUT2D eigenvalue weighted by molar-refractivity contribution is 5.76. The van der Waals surface area contributed by atoms with Crippen LogP contribution in [0.4, 0.5) is 4.39 Å². The highest BCUT2D eigenvalue weighted by atomic mass is 19.1. The molecule has 3 nitrogen and oxygen atoms in total. The first-order valence-electron chi connectivity index (χ1n) is 7.91. The number of aryl methyl sites for hydroxylation is 1. The summed E-state index contributed by atoms with van der Waals surface area (Å²) >= 11 is 0. The van der Waals surface area contributed by atoms with Gasteiger partial charge < -0.3 is 5.32 Å². The van der Waals surface area contributed by atoms with Gasteiger partial charge in [-0.3, -0.25) is 9.69 Å². The maximum atomic E-state index is 13.5. The van der Waals surface area contributed by atoms with E-state index in [0.717, 1.165) is 13.1 Å². The molecule has 4 heteroatoms. The van der Waals surface area contributed by atoms with Crippen molar-refractivity contribution in [2.45, 2.75) is 45.1 Å². The van der Waals surface area contributed by atoms with Crippen LogP contribution in [0.1, 0.15) is 38.2 Å². The van der Waals surface area contributed by atoms with E-state index in [0.29, 0.717) is 31.0 Å². The average molecular weight is 292 g/mol. The number of piperidine rings is 1. The van der Waals surface area contributed by atoms with Crippen LogP contribution in [-0.2, 0) is 11.2 Å². The molecule has 0 aromatic heterocycles. The summed E-state index contributed by atoms with van der Waals surface area (Å²) < 4.78 is 13.5. The zero-order valence-corrected chi connectivity index (χ0v) is 12.8. The molecule has 2 rings (SSSR count). The summed E-state index contributed by atoms with van der Waals surface area (Å²) in [5.41, 5.74) is 0.608. The maximum absolute atomic E-state index is 13.5. The summed E-state index contributed by atoms with van der Waals surface area (Å²) in [6.07, 6.45) is 4.62. The Morgan fingerprint density at radius 3 is 2.71 bits per heavy atom. The van der Waals surface area contributed by atoms with E-state index in [1.165, 1.54) is 25.3 Å². The number of nitrogens with one attached hydrogen (secondary N) is 1. The third-order valence-corrected chi connectivity index (χ3v) is 4.19. The van der Waals surface area contributed by atoms with Crippen molar-refractivity contribution < 1.29 is 9.18 Å². The Bertz CT molecular complexity index is 458. The lowest BCUT2D eigenvalue weighted by Gasteiger charge is -2.32. The van der Waals surface area contributed by atoms with Gasteiger partial charge in [-0.1, -0.05) is 24.6 Å². The van der Waals surface area contributed by atoms with Crippen molar-refractivity contribution in [1.29, 1.82) is 0 Å². The van der Waals surface area contributed by atoms with Gasteiger partial charge in [-0.2, -0.15) is 0 Å². The third kappa shape index (κ3) is 5.12. The molecule has 1 heterocycles. The van der Waals surface area contributed by atoms with Crippen molar-refractivity contribution in [1.82, 2.24) is 10.2 Å². The highest BCUT2D eigenvalue weighted by Crippen LogP contribution is 2.12. The number of carbonyl (C=O) groups excluding carboxylic acids is 1. The van der Waals surface area contributed by atoms with E-state index < -0.39 is 0 Å². The van der Waals surface area contributed by atoms with Crippen LogP contribution in [0.15, 0.2) is 24.3 Å². The lowest BCUT2D eigenvalue weighted by molar-refractivity contribution is -0.121. The van der Waals surface area contributed by atoms with Crippen LogP contribution in [0.25, 0.3) is 0 Å². The first-order valence-corrected chi connectivity index (χ1v) is 7.91. The minimum Gasteiger partial charge on any atom is -0.355 e. The van der Waals surface area contributed by atoms with Crippen LogP contribution in [0.5, 0.6) is 0 Å².